The highest BCUT2D eigenvalue weighted by molar-refractivity contribution is 5.79. The molecular weight excluding hydrogens is 268 g/mol. The van der Waals surface area contributed by atoms with Crippen molar-refractivity contribution in [3.05, 3.63) is 23.7 Å². The van der Waals surface area contributed by atoms with Crippen molar-refractivity contribution < 1.29 is 13.9 Å². The van der Waals surface area contributed by atoms with Crippen LogP contribution in [-0.4, -0.2) is 43.7 Å². The molecule has 1 N–H and O–H groups in total. The molecule has 1 aliphatic carbocycles. The zero-order valence-corrected chi connectivity index (χ0v) is 12.6. The minimum Gasteiger partial charge on any atom is -0.465 e. The van der Waals surface area contributed by atoms with E-state index in [1.54, 1.807) is 0 Å². The molecule has 0 bridgehead atoms. The van der Waals surface area contributed by atoms with E-state index in [4.69, 9.17) is 9.15 Å². The van der Waals surface area contributed by atoms with Crippen LogP contribution in [0.4, 0.5) is 0 Å². The molecule has 116 valence electrons. The van der Waals surface area contributed by atoms with Crippen LogP contribution in [0.5, 0.6) is 0 Å². The van der Waals surface area contributed by atoms with E-state index < -0.39 is 0 Å². The highest BCUT2D eigenvalue weighted by Crippen LogP contribution is 2.27. The molecule has 1 aromatic heterocycles. The molecule has 0 aromatic carbocycles. The van der Waals surface area contributed by atoms with E-state index >= 15 is 0 Å². The number of hydrogen-bond donors (Lipinski definition) is 1. The molecule has 0 radical (unpaired) electrons. The molecule has 0 unspecified atom stereocenters. The average molecular weight is 292 g/mol. The molecular formula is C16H24N2O3. The Balaban J connectivity index is 1.64. The maximum Gasteiger partial charge on any atom is 0.223 e. The van der Waals surface area contributed by atoms with Gasteiger partial charge < -0.3 is 14.5 Å². The summed E-state index contributed by atoms with van der Waals surface area (Å²) in [5.74, 6) is 2.27. The molecule has 2 fully saturated rings. The van der Waals surface area contributed by atoms with Gasteiger partial charge in [0, 0.05) is 25.6 Å². The summed E-state index contributed by atoms with van der Waals surface area (Å²) in [6, 6.07) is 4.10. The third-order valence-corrected chi connectivity index (χ3v) is 4.52. The first-order valence-electron chi connectivity index (χ1n) is 7.90. The summed E-state index contributed by atoms with van der Waals surface area (Å²) >= 11 is 0. The number of carbonyl (C=O) groups excluding carboxylic acids is 1. The summed E-state index contributed by atoms with van der Waals surface area (Å²) in [5.41, 5.74) is 0. The number of carbonyl (C=O) groups is 1. The fourth-order valence-electron chi connectivity index (χ4n) is 2.94. The van der Waals surface area contributed by atoms with Crippen molar-refractivity contribution in [2.45, 2.75) is 32.2 Å². The Morgan fingerprint density at radius 2 is 2.14 bits per heavy atom. The van der Waals surface area contributed by atoms with Gasteiger partial charge >= 0.3 is 0 Å². The summed E-state index contributed by atoms with van der Waals surface area (Å²) in [7, 11) is 0. The maximum atomic E-state index is 12.1. The first-order chi connectivity index (χ1) is 10.2. The molecule has 1 saturated carbocycles. The Bertz CT molecular complexity index is 476. The number of morpholine rings is 1. The molecule has 1 aromatic rings. The lowest BCUT2D eigenvalue weighted by molar-refractivity contribution is -0.127. The Labute approximate surface area is 125 Å². The molecule has 2 heterocycles. The second kappa shape index (κ2) is 6.62. The minimum absolute atomic E-state index is 0.103. The fraction of sp³-hybridized carbons (Fsp3) is 0.688. The first kappa shape index (κ1) is 14.6. The molecule has 21 heavy (non-hydrogen) atoms. The quantitative estimate of drug-likeness (QED) is 0.900. The van der Waals surface area contributed by atoms with E-state index in [1.165, 1.54) is 6.42 Å². The standard InChI is InChI=1S/C16H24N2O3/c1-12-5-6-15(21-12)14(18-7-9-20-10-8-18)11-17-16(19)13-3-2-4-13/h5-6,13-14H,2-4,7-11H2,1H3,(H,17,19)/t14-/m0/s1. The average Bonchev–Trinajstić information content (AvgIpc) is 2.85. The number of rotatable bonds is 5. The van der Waals surface area contributed by atoms with Crippen LogP contribution in [0.25, 0.3) is 0 Å². The molecule has 2 aliphatic rings. The topological polar surface area (TPSA) is 54.7 Å². The van der Waals surface area contributed by atoms with Crippen LogP contribution in [0.15, 0.2) is 16.5 Å². The van der Waals surface area contributed by atoms with Gasteiger partial charge in [-0.1, -0.05) is 6.42 Å². The second-order valence-corrected chi connectivity index (χ2v) is 5.99. The summed E-state index contributed by atoms with van der Waals surface area (Å²) < 4.78 is 11.2. The summed E-state index contributed by atoms with van der Waals surface area (Å²) in [5, 5.41) is 3.11. The van der Waals surface area contributed by atoms with Crippen molar-refractivity contribution in [1.29, 1.82) is 0 Å². The van der Waals surface area contributed by atoms with E-state index in [2.05, 4.69) is 10.2 Å². The molecule has 3 rings (SSSR count). The Morgan fingerprint density at radius 1 is 1.38 bits per heavy atom. The Hall–Kier alpha value is -1.33. The smallest absolute Gasteiger partial charge is 0.223 e. The lowest BCUT2D eigenvalue weighted by atomic mass is 9.85. The van der Waals surface area contributed by atoms with Gasteiger partial charge in [-0.3, -0.25) is 9.69 Å². The molecule has 1 saturated heterocycles. The SMILES string of the molecule is Cc1ccc([C@H](CNC(=O)C2CCC2)N2CCOCC2)o1. The molecule has 0 spiro atoms. The van der Waals surface area contributed by atoms with Crippen LogP contribution in [-0.2, 0) is 9.53 Å². The van der Waals surface area contributed by atoms with Crippen LogP contribution in [0.3, 0.4) is 0 Å². The summed E-state index contributed by atoms with van der Waals surface area (Å²) in [4.78, 5) is 14.4. The number of nitrogens with zero attached hydrogens (tertiary/aromatic N) is 1. The highest BCUT2D eigenvalue weighted by Gasteiger charge is 2.29. The Kier molecular flexibility index (Phi) is 4.60. The number of ether oxygens (including phenoxy) is 1. The van der Waals surface area contributed by atoms with Crippen LogP contribution in [0, 0.1) is 12.8 Å². The number of hydrogen-bond acceptors (Lipinski definition) is 4. The highest BCUT2D eigenvalue weighted by atomic mass is 16.5. The maximum absolute atomic E-state index is 12.1. The van der Waals surface area contributed by atoms with Crippen molar-refractivity contribution in [3.63, 3.8) is 0 Å². The minimum atomic E-state index is 0.103. The van der Waals surface area contributed by atoms with Gasteiger partial charge in [0.05, 0.1) is 19.3 Å². The second-order valence-electron chi connectivity index (χ2n) is 5.99. The fourth-order valence-corrected chi connectivity index (χ4v) is 2.94. The zero-order chi connectivity index (χ0) is 14.7. The summed E-state index contributed by atoms with van der Waals surface area (Å²) in [6.07, 6.45) is 3.25. The number of aryl methyl sites for hydroxylation is 1. The summed E-state index contributed by atoms with van der Waals surface area (Å²) in [6.45, 7) is 5.81. The number of amides is 1. The van der Waals surface area contributed by atoms with Gasteiger partial charge in [0.25, 0.3) is 0 Å². The van der Waals surface area contributed by atoms with Crippen molar-refractivity contribution in [1.82, 2.24) is 10.2 Å². The van der Waals surface area contributed by atoms with Gasteiger partial charge in [0.1, 0.15) is 11.5 Å². The molecule has 5 nitrogen and oxygen atoms in total. The molecule has 1 amide bonds. The lowest BCUT2D eigenvalue weighted by Gasteiger charge is -2.34. The predicted molar refractivity (Wildman–Crippen MR) is 78.9 cm³/mol. The predicted octanol–water partition coefficient (Wildman–Crippen LogP) is 1.88. The van der Waals surface area contributed by atoms with Crippen molar-refractivity contribution >= 4 is 5.91 Å². The lowest BCUT2D eigenvalue weighted by Crippen LogP contribution is -2.45. The van der Waals surface area contributed by atoms with E-state index in [-0.39, 0.29) is 17.9 Å². The monoisotopic (exact) mass is 292 g/mol. The van der Waals surface area contributed by atoms with Crippen LogP contribution < -0.4 is 5.32 Å². The van der Waals surface area contributed by atoms with Crippen molar-refractivity contribution in [2.24, 2.45) is 5.92 Å². The van der Waals surface area contributed by atoms with Crippen LogP contribution in [0.1, 0.15) is 36.8 Å². The first-order valence-corrected chi connectivity index (χ1v) is 7.90. The van der Waals surface area contributed by atoms with E-state index in [1.807, 2.05) is 19.1 Å². The number of nitrogens with one attached hydrogen (secondary N) is 1. The third-order valence-electron chi connectivity index (χ3n) is 4.52. The van der Waals surface area contributed by atoms with Crippen LogP contribution >= 0.6 is 0 Å². The normalized spacial score (nSPS) is 21.8. The van der Waals surface area contributed by atoms with Gasteiger partial charge in [-0.2, -0.15) is 0 Å². The molecule has 1 aliphatic heterocycles. The number of furan rings is 1. The zero-order valence-electron chi connectivity index (χ0n) is 12.6. The van der Waals surface area contributed by atoms with Crippen molar-refractivity contribution in [3.8, 4) is 0 Å². The van der Waals surface area contributed by atoms with Gasteiger partial charge in [-0.05, 0) is 31.9 Å². The molecule has 5 heteroatoms. The van der Waals surface area contributed by atoms with Crippen molar-refractivity contribution in [2.75, 3.05) is 32.8 Å². The van der Waals surface area contributed by atoms with E-state index in [0.29, 0.717) is 6.54 Å². The van der Waals surface area contributed by atoms with E-state index in [9.17, 15) is 4.79 Å². The van der Waals surface area contributed by atoms with Gasteiger partial charge in [0.2, 0.25) is 5.91 Å². The van der Waals surface area contributed by atoms with Gasteiger partial charge in [0.15, 0.2) is 0 Å². The van der Waals surface area contributed by atoms with Gasteiger partial charge in [-0.25, -0.2) is 0 Å². The largest absolute Gasteiger partial charge is 0.465 e. The molecule has 1 atom stereocenters. The van der Waals surface area contributed by atoms with Gasteiger partial charge in [-0.15, -0.1) is 0 Å². The third kappa shape index (κ3) is 3.47. The van der Waals surface area contributed by atoms with Crippen LogP contribution in [0.2, 0.25) is 0 Å². The Morgan fingerprint density at radius 3 is 2.71 bits per heavy atom. The van der Waals surface area contributed by atoms with E-state index in [0.717, 1.165) is 50.7 Å².